The first-order valence-corrected chi connectivity index (χ1v) is 10.7. The molecule has 0 aromatic carbocycles. The Kier molecular flexibility index (Phi) is 5.99. The number of hydrogen-bond acceptors (Lipinski definition) is 5. The Labute approximate surface area is 173 Å². The van der Waals surface area contributed by atoms with Crippen LogP contribution in [0.15, 0.2) is 23.6 Å². The van der Waals surface area contributed by atoms with E-state index in [-0.39, 0.29) is 41.5 Å². The van der Waals surface area contributed by atoms with Crippen LogP contribution < -0.4 is 5.32 Å². The van der Waals surface area contributed by atoms with E-state index in [9.17, 15) is 14.7 Å². The van der Waals surface area contributed by atoms with E-state index >= 15 is 0 Å². The maximum absolute atomic E-state index is 13.0. The molecule has 2 N–H and O–H groups in total. The maximum atomic E-state index is 13.0. The number of carbonyl (C=O) groups excluding carboxylic acids is 2. The molecule has 3 heterocycles. The van der Waals surface area contributed by atoms with Gasteiger partial charge in [0.05, 0.1) is 24.2 Å². The van der Waals surface area contributed by atoms with E-state index < -0.39 is 6.10 Å². The van der Waals surface area contributed by atoms with Gasteiger partial charge < -0.3 is 25.0 Å². The van der Waals surface area contributed by atoms with Crippen LogP contribution >= 0.6 is 0 Å². The molecule has 0 unspecified atom stereocenters. The molecule has 3 rings (SSSR count). The predicted octanol–water partition coefficient (Wildman–Crippen LogP) is 1.78. The largest absolute Gasteiger partial charge is 0.490 e. The lowest BCUT2D eigenvalue weighted by molar-refractivity contribution is -0.129. The monoisotopic (exact) mass is 405 g/mol. The molecule has 2 amide bonds. The maximum Gasteiger partial charge on any atom is 0.250 e. The Morgan fingerprint density at radius 1 is 1.28 bits per heavy atom. The van der Waals surface area contributed by atoms with Gasteiger partial charge >= 0.3 is 0 Å². The number of likely N-dealkylation sites (tertiary alicyclic amines) is 1. The zero-order valence-electron chi connectivity index (χ0n) is 18.4. The molecule has 3 aliphatic heterocycles. The van der Waals surface area contributed by atoms with Crippen LogP contribution in [0, 0.1) is 5.92 Å². The molecule has 3 aliphatic rings. The third-order valence-electron chi connectivity index (χ3n) is 6.02. The number of carbonyl (C=O) groups is 2. The molecule has 162 valence electrons. The van der Waals surface area contributed by atoms with Gasteiger partial charge in [0, 0.05) is 30.9 Å². The molecule has 0 saturated carbocycles. The van der Waals surface area contributed by atoms with Crippen LogP contribution in [0.1, 0.15) is 54.4 Å². The summed E-state index contributed by atoms with van der Waals surface area (Å²) in [6.45, 7) is 13.4. The molecule has 0 bridgehead atoms. The normalized spacial score (nSPS) is 29.7. The van der Waals surface area contributed by atoms with E-state index in [4.69, 9.17) is 4.74 Å². The molecule has 7 nitrogen and oxygen atoms in total. The quantitative estimate of drug-likeness (QED) is 0.704. The van der Waals surface area contributed by atoms with Crippen molar-refractivity contribution < 1.29 is 19.4 Å². The minimum Gasteiger partial charge on any atom is -0.490 e. The van der Waals surface area contributed by atoms with Crippen LogP contribution in [0.4, 0.5) is 0 Å². The SMILES string of the molecule is CC[C@H](C)[C@H]1C(OC(C)(C)C)=CC(=O)N1[C@H]1CCN(C2=CC(=O)N[C@H]2[C@@H](C)O)C1. The summed E-state index contributed by atoms with van der Waals surface area (Å²) < 4.78 is 6.17. The van der Waals surface area contributed by atoms with Crippen molar-refractivity contribution in [3.63, 3.8) is 0 Å². The number of ether oxygens (including phenoxy) is 1. The Morgan fingerprint density at radius 2 is 1.97 bits per heavy atom. The number of rotatable bonds is 6. The lowest BCUT2D eigenvalue weighted by Gasteiger charge is -2.37. The number of nitrogens with zero attached hydrogens (tertiary/aromatic N) is 2. The van der Waals surface area contributed by atoms with Gasteiger partial charge in [-0.2, -0.15) is 0 Å². The predicted molar refractivity (Wildman–Crippen MR) is 111 cm³/mol. The minimum atomic E-state index is -0.665. The smallest absolute Gasteiger partial charge is 0.250 e. The van der Waals surface area contributed by atoms with Gasteiger partial charge in [0.15, 0.2) is 0 Å². The van der Waals surface area contributed by atoms with Crippen molar-refractivity contribution in [1.82, 2.24) is 15.1 Å². The zero-order chi connectivity index (χ0) is 21.5. The average molecular weight is 406 g/mol. The first kappa shape index (κ1) is 21.7. The summed E-state index contributed by atoms with van der Waals surface area (Å²) in [5.74, 6) is 0.868. The van der Waals surface area contributed by atoms with Crippen LogP contribution in [0.3, 0.4) is 0 Å². The average Bonchev–Trinajstić information content (AvgIpc) is 3.29. The van der Waals surface area contributed by atoms with E-state index in [1.54, 1.807) is 19.1 Å². The number of nitrogens with one attached hydrogen (secondary N) is 1. The van der Waals surface area contributed by atoms with Crippen LogP contribution in [-0.4, -0.2) is 69.6 Å². The molecule has 0 aliphatic carbocycles. The second kappa shape index (κ2) is 8.01. The van der Waals surface area contributed by atoms with Crippen molar-refractivity contribution >= 4 is 11.8 Å². The van der Waals surface area contributed by atoms with Gasteiger partial charge in [-0.05, 0) is 40.0 Å². The highest BCUT2D eigenvalue weighted by Gasteiger charge is 2.45. The zero-order valence-corrected chi connectivity index (χ0v) is 18.4. The summed E-state index contributed by atoms with van der Waals surface area (Å²) in [6.07, 6.45) is 4.34. The van der Waals surface area contributed by atoms with Gasteiger partial charge in [0.1, 0.15) is 11.4 Å². The van der Waals surface area contributed by atoms with Gasteiger partial charge in [-0.3, -0.25) is 9.59 Å². The second-order valence-electron chi connectivity index (χ2n) is 9.52. The molecular formula is C22H35N3O4. The highest BCUT2D eigenvalue weighted by atomic mass is 16.5. The number of aliphatic hydroxyl groups excluding tert-OH is 1. The Balaban J connectivity index is 1.79. The topological polar surface area (TPSA) is 82.1 Å². The van der Waals surface area contributed by atoms with Crippen molar-refractivity contribution in [3.8, 4) is 0 Å². The van der Waals surface area contributed by atoms with E-state index in [2.05, 4.69) is 24.1 Å². The van der Waals surface area contributed by atoms with Crippen molar-refractivity contribution in [2.75, 3.05) is 13.1 Å². The minimum absolute atomic E-state index is 0.00285. The number of aliphatic hydroxyl groups is 1. The van der Waals surface area contributed by atoms with Crippen molar-refractivity contribution in [2.24, 2.45) is 5.92 Å². The molecule has 0 aromatic rings. The fraction of sp³-hybridized carbons (Fsp3) is 0.727. The van der Waals surface area contributed by atoms with Crippen LogP contribution in [-0.2, 0) is 14.3 Å². The Morgan fingerprint density at radius 3 is 2.55 bits per heavy atom. The summed E-state index contributed by atoms with van der Waals surface area (Å²) in [5, 5.41) is 12.8. The molecule has 29 heavy (non-hydrogen) atoms. The molecule has 1 fully saturated rings. The van der Waals surface area contributed by atoms with Gasteiger partial charge in [0.2, 0.25) is 5.91 Å². The highest BCUT2D eigenvalue weighted by molar-refractivity contribution is 5.92. The van der Waals surface area contributed by atoms with Crippen LogP contribution in [0.25, 0.3) is 0 Å². The fourth-order valence-corrected chi connectivity index (χ4v) is 4.54. The Hall–Kier alpha value is -2.02. The van der Waals surface area contributed by atoms with Gasteiger partial charge in [-0.1, -0.05) is 20.3 Å². The van der Waals surface area contributed by atoms with Crippen molar-refractivity contribution in [3.05, 3.63) is 23.6 Å². The molecular weight excluding hydrogens is 370 g/mol. The third kappa shape index (κ3) is 4.44. The van der Waals surface area contributed by atoms with Gasteiger partial charge in [0.25, 0.3) is 5.91 Å². The van der Waals surface area contributed by atoms with Crippen molar-refractivity contribution in [2.45, 2.75) is 84.2 Å². The lowest BCUT2D eigenvalue weighted by Crippen LogP contribution is -2.48. The summed E-state index contributed by atoms with van der Waals surface area (Å²) in [7, 11) is 0. The standard InChI is InChI=1S/C22H35N3O4/c1-7-13(2)21-17(29-22(4,5)6)11-19(28)25(21)15-8-9-24(12-15)16-10-18(27)23-20(16)14(3)26/h10-11,13-15,20-21,26H,7-9,12H2,1-6H3,(H,23,27)/t13-,14+,15-,20-,21-/m0/s1. The van der Waals surface area contributed by atoms with Crippen molar-refractivity contribution in [1.29, 1.82) is 0 Å². The fourth-order valence-electron chi connectivity index (χ4n) is 4.54. The number of hydrogen-bond donors (Lipinski definition) is 2. The summed E-state index contributed by atoms with van der Waals surface area (Å²) >= 11 is 0. The lowest BCUT2D eigenvalue weighted by atomic mass is 9.96. The van der Waals surface area contributed by atoms with Gasteiger partial charge in [-0.25, -0.2) is 0 Å². The van der Waals surface area contributed by atoms with Crippen LogP contribution in [0.5, 0.6) is 0 Å². The van der Waals surface area contributed by atoms with E-state index in [1.165, 1.54) is 0 Å². The van der Waals surface area contributed by atoms with Crippen LogP contribution in [0.2, 0.25) is 0 Å². The summed E-state index contributed by atoms with van der Waals surface area (Å²) in [6, 6.07) is -0.412. The molecule has 0 aromatic heterocycles. The molecule has 0 spiro atoms. The molecule has 1 saturated heterocycles. The summed E-state index contributed by atoms with van der Waals surface area (Å²) in [4.78, 5) is 28.9. The molecule has 5 atom stereocenters. The summed E-state index contributed by atoms with van der Waals surface area (Å²) in [5.41, 5.74) is 0.458. The highest BCUT2D eigenvalue weighted by Crippen LogP contribution is 2.36. The first-order chi connectivity index (χ1) is 13.5. The molecule has 0 radical (unpaired) electrons. The van der Waals surface area contributed by atoms with E-state index in [1.807, 2.05) is 25.7 Å². The van der Waals surface area contributed by atoms with E-state index in [0.29, 0.717) is 6.54 Å². The molecule has 7 heteroatoms. The third-order valence-corrected chi connectivity index (χ3v) is 6.02. The first-order valence-electron chi connectivity index (χ1n) is 10.7. The van der Waals surface area contributed by atoms with Gasteiger partial charge in [-0.15, -0.1) is 0 Å². The van der Waals surface area contributed by atoms with E-state index in [0.717, 1.165) is 30.8 Å². The number of amides is 2. The Bertz CT molecular complexity index is 722. The second-order valence-corrected chi connectivity index (χ2v) is 9.52.